The minimum absolute atomic E-state index is 0.0401. The van der Waals surface area contributed by atoms with Crippen molar-refractivity contribution in [3.63, 3.8) is 0 Å². The van der Waals surface area contributed by atoms with Gasteiger partial charge in [-0.3, -0.25) is 0 Å². The van der Waals surface area contributed by atoms with Crippen LogP contribution in [0.1, 0.15) is 11.1 Å². The number of nitrogens with zero attached hydrogens (tertiary/aromatic N) is 1. The van der Waals surface area contributed by atoms with Crippen molar-refractivity contribution in [3.8, 4) is 6.07 Å². The molecule has 0 saturated carbocycles. The van der Waals surface area contributed by atoms with E-state index in [2.05, 4.69) is 5.32 Å². The van der Waals surface area contributed by atoms with Crippen LogP contribution in [0.25, 0.3) is 0 Å². The molecular weight excluding hydrogens is 348 g/mol. The molecule has 2 rings (SSSR count). The minimum Gasteiger partial charge on any atom is -0.380 e. The second-order valence-electron chi connectivity index (χ2n) is 4.76. The lowest BCUT2D eigenvalue weighted by Crippen LogP contribution is -2.24. The minimum atomic E-state index is -5.70. The molecule has 0 unspecified atom stereocenters. The lowest BCUT2D eigenvalue weighted by Gasteiger charge is -2.14. The highest BCUT2D eigenvalue weighted by Gasteiger charge is 2.48. The standard InChI is InChI=1S/C15H10F4N2O2S/c16-12-4-5-13(14(7-12)24(22,23)15(17,18)19)21-9-11-3-1-2-10(6-11)8-20/h1-7,21H,9H2. The van der Waals surface area contributed by atoms with Crippen molar-refractivity contribution < 1.29 is 26.0 Å². The van der Waals surface area contributed by atoms with Gasteiger partial charge < -0.3 is 5.32 Å². The van der Waals surface area contributed by atoms with E-state index < -0.39 is 26.1 Å². The fourth-order valence-electron chi connectivity index (χ4n) is 1.94. The van der Waals surface area contributed by atoms with Gasteiger partial charge in [0.15, 0.2) is 0 Å². The summed E-state index contributed by atoms with van der Waals surface area (Å²) in [6, 6.07) is 10.2. The largest absolute Gasteiger partial charge is 0.501 e. The fourth-order valence-corrected chi connectivity index (χ4v) is 2.88. The van der Waals surface area contributed by atoms with Gasteiger partial charge in [-0.15, -0.1) is 0 Å². The molecule has 0 heterocycles. The van der Waals surface area contributed by atoms with E-state index in [0.29, 0.717) is 17.2 Å². The Bertz CT molecular complexity index is 902. The predicted molar refractivity (Wildman–Crippen MR) is 78.1 cm³/mol. The number of alkyl halides is 3. The summed E-state index contributed by atoms with van der Waals surface area (Å²) in [6.07, 6.45) is 0. The van der Waals surface area contributed by atoms with Crippen LogP contribution in [0.4, 0.5) is 23.2 Å². The molecule has 24 heavy (non-hydrogen) atoms. The first kappa shape index (κ1) is 17.7. The van der Waals surface area contributed by atoms with Crippen molar-refractivity contribution in [2.24, 2.45) is 0 Å². The van der Waals surface area contributed by atoms with Gasteiger partial charge in [-0.05, 0) is 35.9 Å². The Balaban J connectivity index is 2.36. The molecule has 0 aliphatic carbocycles. The maximum atomic E-state index is 13.2. The molecule has 126 valence electrons. The highest BCUT2D eigenvalue weighted by atomic mass is 32.2. The van der Waals surface area contributed by atoms with Crippen molar-refractivity contribution in [3.05, 3.63) is 59.4 Å². The number of rotatable bonds is 4. The first-order valence-electron chi connectivity index (χ1n) is 6.49. The third-order valence-corrected chi connectivity index (χ3v) is 4.60. The number of benzene rings is 2. The Morgan fingerprint density at radius 2 is 1.83 bits per heavy atom. The normalized spacial score (nSPS) is 11.8. The summed E-state index contributed by atoms with van der Waals surface area (Å²) in [4.78, 5) is -1.19. The highest BCUT2D eigenvalue weighted by Crippen LogP contribution is 2.35. The number of anilines is 1. The summed E-state index contributed by atoms with van der Waals surface area (Å²) in [5.74, 6) is -1.10. The van der Waals surface area contributed by atoms with Crippen molar-refractivity contribution in [1.29, 1.82) is 5.26 Å². The van der Waals surface area contributed by atoms with Crippen LogP contribution >= 0.6 is 0 Å². The van der Waals surface area contributed by atoms with E-state index in [9.17, 15) is 26.0 Å². The Kier molecular flexibility index (Phi) is 4.80. The molecule has 0 radical (unpaired) electrons. The molecule has 0 saturated heterocycles. The molecule has 9 heteroatoms. The summed E-state index contributed by atoms with van der Waals surface area (Å²) in [7, 11) is -5.70. The number of nitrogens with one attached hydrogen (secondary N) is 1. The molecule has 0 amide bonds. The maximum absolute atomic E-state index is 13.2. The van der Waals surface area contributed by atoms with Gasteiger partial charge >= 0.3 is 5.51 Å². The average Bonchev–Trinajstić information content (AvgIpc) is 2.52. The number of halogens is 4. The van der Waals surface area contributed by atoms with Gasteiger partial charge in [-0.2, -0.15) is 18.4 Å². The monoisotopic (exact) mass is 358 g/mol. The topological polar surface area (TPSA) is 70.0 Å². The number of sulfone groups is 1. The number of nitriles is 1. The predicted octanol–water partition coefficient (Wildman–Crippen LogP) is 3.60. The van der Waals surface area contributed by atoms with Crippen LogP contribution < -0.4 is 5.32 Å². The quantitative estimate of drug-likeness (QED) is 0.848. The molecule has 2 aromatic carbocycles. The molecule has 0 aliphatic heterocycles. The lowest BCUT2D eigenvalue weighted by molar-refractivity contribution is -0.0435. The Morgan fingerprint density at radius 1 is 1.12 bits per heavy atom. The summed E-state index contributed by atoms with van der Waals surface area (Å²) in [6.45, 7) is -0.0401. The molecule has 0 bridgehead atoms. The number of hydrogen-bond acceptors (Lipinski definition) is 4. The van der Waals surface area contributed by atoms with E-state index >= 15 is 0 Å². The molecule has 0 aliphatic rings. The SMILES string of the molecule is N#Cc1cccc(CNc2ccc(F)cc2S(=O)(=O)C(F)(F)F)c1. The summed E-state index contributed by atoms with van der Waals surface area (Å²) in [5, 5.41) is 11.3. The highest BCUT2D eigenvalue weighted by molar-refractivity contribution is 7.92. The lowest BCUT2D eigenvalue weighted by atomic mass is 10.1. The van der Waals surface area contributed by atoms with Gasteiger partial charge in [0.25, 0.3) is 9.84 Å². The van der Waals surface area contributed by atoms with Crippen molar-refractivity contribution in [1.82, 2.24) is 0 Å². The van der Waals surface area contributed by atoms with Gasteiger partial charge in [-0.1, -0.05) is 12.1 Å². The molecule has 4 nitrogen and oxygen atoms in total. The van der Waals surface area contributed by atoms with Crippen LogP contribution in [-0.4, -0.2) is 13.9 Å². The Labute approximate surface area is 135 Å². The third kappa shape index (κ3) is 3.65. The molecule has 0 atom stereocenters. The Morgan fingerprint density at radius 3 is 2.46 bits per heavy atom. The zero-order valence-corrected chi connectivity index (χ0v) is 12.7. The van der Waals surface area contributed by atoms with E-state index in [1.54, 1.807) is 18.2 Å². The van der Waals surface area contributed by atoms with Crippen molar-refractivity contribution >= 4 is 15.5 Å². The average molecular weight is 358 g/mol. The molecule has 2 aromatic rings. The first-order chi connectivity index (χ1) is 11.1. The van der Waals surface area contributed by atoms with Gasteiger partial charge in [0.05, 0.1) is 17.3 Å². The van der Waals surface area contributed by atoms with Crippen LogP contribution in [0.3, 0.4) is 0 Å². The van der Waals surface area contributed by atoms with Crippen molar-refractivity contribution in [2.75, 3.05) is 5.32 Å². The summed E-state index contributed by atoms with van der Waals surface area (Å²) < 4.78 is 74.5. The molecule has 0 fully saturated rings. The third-order valence-electron chi connectivity index (χ3n) is 3.08. The van der Waals surface area contributed by atoms with Gasteiger partial charge in [0, 0.05) is 6.54 Å². The van der Waals surface area contributed by atoms with E-state index in [-0.39, 0.29) is 12.2 Å². The van der Waals surface area contributed by atoms with E-state index in [0.717, 1.165) is 12.1 Å². The van der Waals surface area contributed by atoms with Crippen molar-refractivity contribution in [2.45, 2.75) is 16.9 Å². The van der Waals surface area contributed by atoms with E-state index in [4.69, 9.17) is 5.26 Å². The van der Waals surface area contributed by atoms with Crippen LogP contribution in [0, 0.1) is 17.1 Å². The van der Waals surface area contributed by atoms with Gasteiger partial charge in [0.2, 0.25) is 0 Å². The smallest absolute Gasteiger partial charge is 0.380 e. The van der Waals surface area contributed by atoms with Crippen LogP contribution in [0.2, 0.25) is 0 Å². The molecule has 1 N–H and O–H groups in total. The van der Waals surface area contributed by atoms with E-state index in [1.165, 1.54) is 6.07 Å². The van der Waals surface area contributed by atoms with Crippen LogP contribution in [-0.2, 0) is 16.4 Å². The zero-order valence-electron chi connectivity index (χ0n) is 11.9. The molecule has 0 aromatic heterocycles. The van der Waals surface area contributed by atoms with Gasteiger partial charge in [0.1, 0.15) is 10.7 Å². The molecular formula is C15H10F4N2O2S. The molecule has 0 spiro atoms. The van der Waals surface area contributed by atoms with Crippen LogP contribution in [0.15, 0.2) is 47.4 Å². The zero-order chi connectivity index (χ0) is 18.0. The fraction of sp³-hybridized carbons (Fsp3) is 0.133. The van der Waals surface area contributed by atoms with E-state index in [1.807, 2.05) is 6.07 Å². The second-order valence-corrected chi connectivity index (χ2v) is 6.67. The van der Waals surface area contributed by atoms with Gasteiger partial charge in [-0.25, -0.2) is 12.8 Å². The van der Waals surface area contributed by atoms with Crippen LogP contribution in [0.5, 0.6) is 0 Å². The maximum Gasteiger partial charge on any atom is 0.501 e. The second kappa shape index (κ2) is 6.49. The summed E-state index contributed by atoms with van der Waals surface area (Å²) >= 11 is 0. The number of hydrogen-bond donors (Lipinski definition) is 1. The first-order valence-corrected chi connectivity index (χ1v) is 7.97. The Hall–Kier alpha value is -2.60. The summed E-state index contributed by atoms with van der Waals surface area (Å²) in [5.41, 5.74) is -5.03.